The summed E-state index contributed by atoms with van der Waals surface area (Å²) in [7, 11) is 0. The Bertz CT molecular complexity index is 453. The van der Waals surface area contributed by atoms with Crippen LogP contribution in [0.4, 0.5) is 0 Å². The maximum Gasteiger partial charge on any atom is 0.324 e. The third kappa shape index (κ3) is 11.9. The van der Waals surface area contributed by atoms with Crippen molar-refractivity contribution in [2.75, 3.05) is 0 Å². The van der Waals surface area contributed by atoms with E-state index in [-0.39, 0.29) is 11.6 Å². The van der Waals surface area contributed by atoms with Crippen LogP contribution in [0.5, 0.6) is 0 Å². The zero-order chi connectivity index (χ0) is 22.1. The van der Waals surface area contributed by atoms with E-state index in [9.17, 15) is 19.2 Å². The van der Waals surface area contributed by atoms with E-state index in [1.54, 1.807) is 0 Å². The van der Waals surface area contributed by atoms with Gasteiger partial charge in [-0.3, -0.25) is 19.2 Å². The molecule has 2 atom stereocenters. The summed E-state index contributed by atoms with van der Waals surface area (Å²) in [5, 5.41) is 0. The molecule has 0 aliphatic heterocycles. The minimum atomic E-state index is -0.891. The molecule has 0 aromatic carbocycles. The van der Waals surface area contributed by atoms with Crippen LogP contribution in [-0.2, 0) is 23.9 Å². The SMILES string of the molecule is CCCCCC(=O)C(CCCC)C(=O)OC(=O)C(CCCC)C(=O)CCCCC. The summed E-state index contributed by atoms with van der Waals surface area (Å²) < 4.78 is 5.10. The molecule has 0 radical (unpaired) electrons. The van der Waals surface area contributed by atoms with Crippen molar-refractivity contribution in [1.82, 2.24) is 0 Å². The Morgan fingerprint density at radius 1 is 0.552 bits per heavy atom. The van der Waals surface area contributed by atoms with Crippen LogP contribution in [0.2, 0.25) is 0 Å². The van der Waals surface area contributed by atoms with Crippen molar-refractivity contribution < 1.29 is 23.9 Å². The quantitative estimate of drug-likeness (QED) is 0.158. The summed E-state index contributed by atoms with van der Waals surface area (Å²) in [4.78, 5) is 50.3. The van der Waals surface area contributed by atoms with E-state index in [2.05, 4.69) is 13.8 Å². The molecule has 5 heteroatoms. The summed E-state index contributed by atoms with van der Waals surface area (Å²) in [5.41, 5.74) is 0. The summed E-state index contributed by atoms with van der Waals surface area (Å²) in [6, 6.07) is 0. The molecule has 0 aliphatic carbocycles. The first-order chi connectivity index (χ1) is 13.9. The lowest BCUT2D eigenvalue weighted by Crippen LogP contribution is -2.33. The Balaban J connectivity index is 5.05. The number of rotatable bonds is 18. The van der Waals surface area contributed by atoms with Gasteiger partial charge in [0.05, 0.1) is 0 Å². The lowest BCUT2D eigenvalue weighted by molar-refractivity contribution is -0.167. The van der Waals surface area contributed by atoms with Crippen molar-refractivity contribution in [3.63, 3.8) is 0 Å². The molecule has 0 aliphatic rings. The van der Waals surface area contributed by atoms with Crippen molar-refractivity contribution in [2.24, 2.45) is 11.8 Å². The van der Waals surface area contributed by atoms with Crippen LogP contribution in [-0.4, -0.2) is 23.5 Å². The number of ether oxygens (including phenoxy) is 1. The maximum atomic E-state index is 12.6. The van der Waals surface area contributed by atoms with Crippen LogP contribution < -0.4 is 0 Å². The van der Waals surface area contributed by atoms with Crippen LogP contribution >= 0.6 is 0 Å². The van der Waals surface area contributed by atoms with Crippen molar-refractivity contribution in [2.45, 2.75) is 118 Å². The predicted molar refractivity (Wildman–Crippen MR) is 115 cm³/mol. The van der Waals surface area contributed by atoms with E-state index in [1.165, 1.54) is 0 Å². The van der Waals surface area contributed by atoms with Crippen LogP contribution in [0.15, 0.2) is 0 Å². The van der Waals surface area contributed by atoms with Crippen LogP contribution in [0, 0.1) is 11.8 Å². The Labute approximate surface area is 177 Å². The van der Waals surface area contributed by atoms with Gasteiger partial charge >= 0.3 is 11.9 Å². The molecular formula is C24H42O5. The summed E-state index contributed by atoms with van der Waals surface area (Å²) in [6.07, 6.45) is 9.98. The van der Waals surface area contributed by atoms with Gasteiger partial charge in [0.2, 0.25) is 0 Å². The normalized spacial score (nSPS) is 13.0. The molecule has 0 bridgehead atoms. The smallest absolute Gasteiger partial charge is 0.324 e. The van der Waals surface area contributed by atoms with Crippen LogP contribution in [0.25, 0.3) is 0 Å². The van der Waals surface area contributed by atoms with Gasteiger partial charge in [0.1, 0.15) is 23.4 Å². The average Bonchev–Trinajstić information content (AvgIpc) is 2.69. The second kappa shape index (κ2) is 17.3. The molecule has 0 spiro atoms. The second-order valence-corrected chi connectivity index (χ2v) is 7.98. The number of Topliss-reactive ketones (excluding diaryl/α,β-unsaturated/α-hetero) is 2. The topological polar surface area (TPSA) is 77.5 Å². The van der Waals surface area contributed by atoms with E-state index in [1.807, 2.05) is 13.8 Å². The van der Waals surface area contributed by atoms with Gasteiger partial charge in [0.25, 0.3) is 0 Å². The molecule has 168 valence electrons. The molecule has 5 nitrogen and oxygen atoms in total. The van der Waals surface area contributed by atoms with E-state index in [0.717, 1.165) is 64.2 Å². The first-order valence-corrected chi connectivity index (χ1v) is 11.7. The second-order valence-electron chi connectivity index (χ2n) is 7.98. The number of esters is 2. The Hall–Kier alpha value is -1.52. The number of carbonyl (C=O) groups is 4. The third-order valence-electron chi connectivity index (χ3n) is 5.29. The van der Waals surface area contributed by atoms with Crippen molar-refractivity contribution in [1.29, 1.82) is 0 Å². The molecule has 0 aromatic rings. The van der Waals surface area contributed by atoms with Crippen LogP contribution in [0.3, 0.4) is 0 Å². The highest BCUT2D eigenvalue weighted by Gasteiger charge is 2.33. The highest BCUT2D eigenvalue weighted by Crippen LogP contribution is 2.20. The number of unbranched alkanes of at least 4 members (excludes halogenated alkanes) is 6. The van der Waals surface area contributed by atoms with Gasteiger partial charge in [0.15, 0.2) is 0 Å². The van der Waals surface area contributed by atoms with Gasteiger partial charge in [-0.15, -0.1) is 0 Å². The Morgan fingerprint density at radius 3 is 1.21 bits per heavy atom. The van der Waals surface area contributed by atoms with Gasteiger partial charge < -0.3 is 4.74 Å². The maximum absolute atomic E-state index is 12.6. The number of carbonyl (C=O) groups excluding carboxylic acids is 4. The van der Waals surface area contributed by atoms with Crippen LogP contribution in [0.1, 0.15) is 118 Å². The van der Waals surface area contributed by atoms with Gasteiger partial charge in [-0.25, -0.2) is 0 Å². The summed E-state index contributed by atoms with van der Waals surface area (Å²) >= 11 is 0. The fraction of sp³-hybridized carbons (Fsp3) is 0.833. The van der Waals surface area contributed by atoms with E-state index >= 15 is 0 Å². The van der Waals surface area contributed by atoms with E-state index < -0.39 is 23.8 Å². The summed E-state index contributed by atoms with van der Waals surface area (Å²) in [6.45, 7) is 8.09. The molecule has 0 heterocycles. The molecular weight excluding hydrogens is 368 g/mol. The molecule has 2 unspecified atom stereocenters. The van der Waals surface area contributed by atoms with Gasteiger partial charge in [-0.1, -0.05) is 79.1 Å². The molecule has 29 heavy (non-hydrogen) atoms. The lowest BCUT2D eigenvalue weighted by atomic mass is 9.92. The monoisotopic (exact) mass is 410 g/mol. The largest absolute Gasteiger partial charge is 0.392 e. The molecule has 0 fully saturated rings. The first kappa shape index (κ1) is 27.5. The number of hydrogen-bond donors (Lipinski definition) is 0. The first-order valence-electron chi connectivity index (χ1n) is 11.7. The molecule has 0 saturated carbocycles. The van der Waals surface area contributed by atoms with Crippen molar-refractivity contribution >= 4 is 23.5 Å². The van der Waals surface area contributed by atoms with Gasteiger partial charge in [-0.2, -0.15) is 0 Å². The highest BCUT2D eigenvalue weighted by molar-refractivity contribution is 6.06. The van der Waals surface area contributed by atoms with E-state index in [0.29, 0.717) is 25.7 Å². The zero-order valence-electron chi connectivity index (χ0n) is 19.1. The van der Waals surface area contributed by atoms with Gasteiger partial charge in [0, 0.05) is 12.8 Å². The standard InChI is InChI=1S/C24H42O5/c1-5-9-13-17-21(25)19(15-11-7-3)23(27)29-24(28)20(16-12-8-4)22(26)18-14-10-6-2/h19-20H,5-18H2,1-4H3. The van der Waals surface area contributed by atoms with E-state index in [4.69, 9.17) is 4.74 Å². The minimum Gasteiger partial charge on any atom is -0.392 e. The third-order valence-corrected chi connectivity index (χ3v) is 5.29. The van der Waals surface area contributed by atoms with Gasteiger partial charge in [-0.05, 0) is 25.7 Å². The Kier molecular flexibility index (Phi) is 16.4. The lowest BCUT2D eigenvalue weighted by Gasteiger charge is -2.17. The molecule has 0 aromatic heterocycles. The molecule has 0 saturated heterocycles. The molecule has 0 N–H and O–H groups in total. The van der Waals surface area contributed by atoms with Crippen molar-refractivity contribution in [3.8, 4) is 0 Å². The summed E-state index contributed by atoms with van der Waals surface area (Å²) in [5.74, 6) is -3.62. The Morgan fingerprint density at radius 2 is 0.897 bits per heavy atom. The predicted octanol–water partition coefficient (Wildman–Crippen LogP) is 5.97. The number of ketones is 2. The van der Waals surface area contributed by atoms with Crippen molar-refractivity contribution in [3.05, 3.63) is 0 Å². The minimum absolute atomic E-state index is 0.149. The zero-order valence-corrected chi connectivity index (χ0v) is 19.1. The molecule has 0 amide bonds. The molecule has 0 rings (SSSR count). The highest BCUT2D eigenvalue weighted by atomic mass is 16.6. The fourth-order valence-corrected chi connectivity index (χ4v) is 3.33. The fourth-order valence-electron chi connectivity index (χ4n) is 3.33. The average molecular weight is 411 g/mol. The number of hydrogen-bond acceptors (Lipinski definition) is 5.